The van der Waals surface area contributed by atoms with E-state index in [1.165, 1.54) is 32.1 Å². The highest BCUT2D eigenvalue weighted by atomic mass is 16.4. The Kier molecular flexibility index (Phi) is 10.2. The highest BCUT2D eigenvalue weighted by Crippen LogP contribution is 2.16. The molecule has 0 amide bonds. The SMILES string of the molecule is CCCCCCCCCC(O)C(CC)C(=O)O. The Morgan fingerprint density at radius 3 is 2.00 bits per heavy atom. The lowest BCUT2D eigenvalue weighted by atomic mass is 9.95. The van der Waals surface area contributed by atoms with Crippen LogP contribution in [0.2, 0.25) is 0 Å². The summed E-state index contributed by atoms with van der Waals surface area (Å²) >= 11 is 0. The minimum Gasteiger partial charge on any atom is -0.481 e. The van der Waals surface area contributed by atoms with E-state index in [1.807, 2.05) is 6.92 Å². The van der Waals surface area contributed by atoms with E-state index in [0.29, 0.717) is 12.8 Å². The van der Waals surface area contributed by atoms with Gasteiger partial charge in [0, 0.05) is 0 Å². The van der Waals surface area contributed by atoms with Gasteiger partial charge in [-0.3, -0.25) is 4.79 Å². The van der Waals surface area contributed by atoms with Gasteiger partial charge < -0.3 is 10.2 Å². The highest BCUT2D eigenvalue weighted by Gasteiger charge is 2.23. The standard InChI is InChI=1S/C14H28O3/c1-3-5-6-7-8-9-10-11-13(15)12(4-2)14(16)17/h12-13,15H,3-11H2,1-2H3,(H,16,17). The van der Waals surface area contributed by atoms with E-state index in [9.17, 15) is 9.90 Å². The predicted molar refractivity (Wildman–Crippen MR) is 70.0 cm³/mol. The van der Waals surface area contributed by atoms with Crippen molar-refractivity contribution in [3.8, 4) is 0 Å². The van der Waals surface area contributed by atoms with E-state index in [1.54, 1.807) is 0 Å². The van der Waals surface area contributed by atoms with Gasteiger partial charge in [-0.2, -0.15) is 0 Å². The number of aliphatic hydroxyl groups excluding tert-OH is 1. The Morgan fingerprint density at radius 1 is 1.00 bits per heavy atom. The van der Waals surface area contributed by atoms with Crippen LogP contribution in [-0.2, 0) is 4.79 Å². The second-order valence-corrected chi connectivity index (χ2v) is 4.83. The fourth-order valence-corrected chi connectivity index (χ4v) is 2.12. The van der Waals surface area contributed by atoms with Crippen LogP contribution >= 0.6 is 0 Å². The summed E-state index contributed by atoms with van der Waals surface area (Å²) in [6.45, 7) is 4.01. The zero-order valence-corrected chi connectivity index (χ0v) is 11.3. The number of hydrogen-bond acceptors (Lipinski definition) is 2. The Balaban J connectivity index is 3.50. The predicted octanol–water partition coefficient (Wildman–Crippen LogP) is 3.60. The molecule has 0 spiro atoms. The second-order valence-electron chi connectivity index (χ2n) is 4.83. The van der Waals surface area contributed by atoms with Gasteiger partial charge in [0.1, 0.15) is 0 Å². The number of carboxylic acids is 1. The molecule has 0 fully saturated rings. The van der Waals surface area contributed by atoms with Crippen molar-refractivity contribution in [2.24, 2.45) is 5.92 Å². The summed E-state index contributed by atoms with van der Waals surface area (Å²) in [4.78, 5) is 10.8. The summed E-state index contributed by atoms with van der Waals surface area (Å²) in [6.07, 6.45) is 8.84. The van der Waals surface area contributed by atoms with Gasteiger partial charge in [0.05, 0.1) is 12.0 Å². The Morgan fingerprint density at radius 2 is 1.53 bits per heavy atom. The highest BCUT2D eigenvalue weighted by molar-refractivity contribution is 5.70. The van der Waals surface area contributed by atoms with E-state index in [0.717, 1.165) is 12.8 Å². The summed E-state index contributed by atoms with van der Waals surface area (Å²) < 4.78 is 0. The zero-order valence-electron chi connectivity index (χ0n) is 11.3. The van der Waals surface area contributed by atoms with Crippen molar-refractivity contribution in [3.63, 3.8) is 0 Å². The van der Waals surface area contributed by atoms with Crippen molar-refractivity contribution in [1.29, 1.82) is 0 Å². The van der Waals surface area contributed by atoms with Crippen molar-refractivity contribution in [2.75, 3.05) is 0 Å². The van der Waals surface area contributed by atoms with Gasteiger partial charge in [0.15, 0.2) is 0 Å². The topological polar surface area (TPSA) is 57.5 Å². The van der Waals surface area contributed by atoms with E-state index in [-0.39, 0.29) is 0 Å². The van der Waals surface area contributed by atoms with Gasteiger partial charge in [0.25, 0.3) is 0 Å². The molecule has 0 heterocycles. The Bertz CT molecular complexity index is 192. The molecule has 0 saturated heterocycles. The first-order valence-corrected chi connectivity index (χ1v) is 7.04. The average molecular weight is 244 g/mol. The fraction of sp³-hybridized carbons (Fsp3) is 0.929. The largest absolute Gasteiger partial charge is 0.481 e. The maximum Gasteiger partial charge on any atom is 0.309 e. The van der Waals surface area contributed by atoms with E-state index >= 15 is 0 Å². The monoisotopic (exact) mass is 244 g/mol. The van der Waals surface area contributed by atoms with Crippen LogP contribution in [0, 0.1) is 5.92 Å². The molecule has 2 N–H and O–H groups in total. The normalized spacial score (nSPS) is 14.5. The number of hydrogen-bond donors (Lipinski definition) is 2. The van der Waals surface area contributed by atoms with Gasteiger partial charge in [0.2, 0.25) is 0 Å². The van der Waals surface area contributed by atoms with Gasteiger partial charge in [-0.1, -0.05) is 58.8 Å². The Hall–Kier alpha value is -0.570. The molecule has 0 aromatic carbocycles. The van der Waals surface area contributed by atoms with Gasteiger partial charge >= 0.3 is 5.97 Å². The van der Waals surface area contributed by atoms with Crippen molar-refractivity contribution >= 4 is 5.97 Å². The number of carboxylic acid groups (broad SMARTS) is 1. The maximum atomic E-state index is 10.8. The molecular weight excluding hydrogens is 216 g/mol. The minimum atomic E-state index is -0.872. The van der Waals surface area contributed by atoms with Crippen LogP contribution in [0.25, 0.3) is 0 Å². The summed E-state index contributed by atoms with van der Waals surface area (Å²) in [5.74, 6) is -1.46. The van der Waals surface area contributed by atoms with Crippen LogP contribution in [0.5, 0.6) is 0 Å². The first-order valence-electron chi connectivity index (χ1n) is 7.04. The smallest absolute Gasteiger partial charge is 0.309 e. The summed E-state index contributed by atoms with van der Waals surface area (Å²) in [7, 11) is 0. The summed E-state index contributed by atoms with van der Waals surface area (Å²) in [5, 5.41) is 18.6. The molecule has 102 valence electrons. The second kappa shape index (κ2) is 10.6. The number of rotatable bonds is 11. The van der Waals surface area contributed by atoms with E-state index < -0.39 is 18.0 Å². The van der Waals surface area contributed by atoms with Crippen LogP contribution in [0.1, 0.15) is 71.6 Å². The summed E-state index contributed by atoms with van der Waals surface area (Å²) in [5.41, 5.74) is 0. The molecule has 2 atom stereocenters. The Labute approximate surface area is 105 Å². The van der Waals surface area contributed by atoms with Gasteiger partial charge in [-0.25, -0.2) is 0 Å². The number of aliphatic carboxylic acids is 1. The molecule has 3 heteroatoms. The van der Waals surface area contributed by atoms with Crippen molar-refractivity contribution in [1.82, 2.24) is 0 Å². The molecule has 0 rings (SSSR count). The third-order valence-electron chi connectivity index (χ3n) is 3.32. The van der Waals surface area contributed by atoms with Crippen LogP contribution in [0.3, 0.4) is 0 Å². The van der Waals surface area contributed by atoms with Crippen molar-refractivity contribution in [3.05, 3.63) is 0 Å². The quantitative estimate of drug-likeness (QED) is 0.546. The third-order valence-corrected chi connectivity index (χ3v) is 3.32. The van der Waals surface area contributed by atoms with Crippen molar-refractivity contribution < 1.29 is 15.0 Å². The minimum absolute atomic E-state index is 0.507. The first-order chi connectivity index (χ1) is 8.13. The number of unbranched alkanes of at least 4 members (excludes halogenated alkanes) is 6. The molecule has 2 unspecified atom stereocenters. The molecule has 0 aliphatic rings. The molecule has 0 aromatic heterocycles. The molecule has 0 aliphatic heterocycles. The van der Waals surface area contributed by atoms with E-state index in [2.05, 4.69) is 6.92 Å². The number of aliphatic hydroxyl groups is 1. The van der Waals surface area contributed by atoms with Crippen LogP contribution < -0.4 is 0 Å². The molecule has 17 heavy (non-hydrogen) atoms. The maximum absolute atomic E-state index is 10.8. The number of carbonyl (C=O) groups is 1. The molecule has 0 radical (unpaired) electrons. The fourth-order valence-electron chi connectivity index (χ4n) is 2.12. The molecule has 0 aliphatic carbocycles. The third kappa shape index (κ3) is 8.19. The lowest BCUT2D eigenvalue weighted by Crippen LogP contribution is -2.27. The van der Waals surface area contributed by atoms with Crippen LogP contribution in [0.15, 0.2) is 0 Å². The van der Waals surface area contributed by atoms with Gasteiger partial charge in [-0.05, 0) is 12.8 Å². The van der Waals surface area contributed by atoms with Gasteiger partial charge in [-0.15, -0.1) is 0 Å². The molecular formula is C14H28O3. The summed E-state index contributed by atoms with van der Waals surface area (Å²) in [6, 6.07) is 0. The van der Waals surface area contributed by atoms with E-state index in [4.69, 9.17) is 5.11 Å². The van der Waals surface area contributed by atoms with Crippen molar-refractivity contribution in [2.45, 2.75) is 77.7 Å². The zero-order chi connectivity index (χ0) is 13.1. The lowest BCUT2D eigenvalue weighted by molar-refractivity contribution is -0.146. The molecule has 0 saturated carbocycles. The molecule has 0 bridgehead atoms. The lowest BCUT2D eigenvalue weighted by Gasteiger charge is -2.17. The van der Waals surface area contributed by atoms with Crippen LogP contribution in [0.4, 0.5) is 0 Å². The first kappa shape index (κ1) is 16.4. The average Bonchev–Trinajstić information content (AvgIpc) is 2.28. The molecule has 3 nitrogen and oxygen atoms in total. The van der Waals surface area contributed by atoms with Crippen LogP contribution in [-0.4, -0.2) is 22.3 Å². The molecule has 0 aromatic rings.